The molecule has 0 radical (unpaired) electrons. The second kappa shape index (κ2) is 48.0. The van der Waals surface area contributed by atoms with E-state index in [1.165, 1.54) is 37.2 Å². The summed E-state index contributed by atoms with van der Waals surface area (Å²) in [4.78, 5) is 56.8. The molecule has 0 spiro atoms. The summed E-state index contributed by atoms with van der Waals surface area (Å²) < 4.78 is 93.3. The minimum atomic E-state index is -1.44. The van der Waals surface area contributed by atoms with Crippen LogP contribution in [0.25, 0.3) is 0 Å². The molecule has 6 heterocycles. The standard InChI is InChI=1S/C24H31ClFN3O3.C20H31FN2O2.C15H20BrFN2O3.C9H19NO.C6H2BrF2NO2.C5H3BrClN/c1-15(2)14-29(19-6-8-32-9-7-19)24-20(26)11-17(16(3)10-23(30)31)12-21(24)28-22-5-4-18(25)13-27-22;1-13(2)12-23(17-5-7-25-8-6-17)20-18(21)10-16(11-19(20)22)14(3)9-15(4)24;1-10(2)9-18(12-3-5-22-6-4-12)15-13(17)7-11(16)8-14(15)19(20)21;1-8(2)7-10-9-3-5-11-6-4-9;7-3-1-4(8)6(9)5(2-3)10(11)12;6-5-2-1-4(7)3-8-5/h4-5,11-13,15-16,19H,6-10,14H2,1-3H3,(H,27,28)(H,30,31);10-11,13-14,17H,5-9,12,22H2,1-4H3;7-8,10,12H,3-6,9H2,1-2H3;8-10H,3-7H2,1-2H3;1-2H;1-3H/t16-;14-;;;;/m11..../s1. The molecule has 608 valence electrons. The van der Waals surface area contributed by atoms with E-state index in [1.54, 1.807) is 50.4 Å². The number of ether oxygens (including phenoxy) is 4. The Hall–Kier alpha value is -6.41. The summed E-state index contributed by atoms with van der Waals surface area (Å²) in [6.45, 7) is 31.2. The number of ketones is 1. The summed E-state index contributed by atoms with van der Waals surface area (Å²) in [5.41, 5.74) is 8.71. The fourth-order valence-electron chi connectivity index (χ4n) is 12.8. The van der Waals surface area contributed by atoms with Gasteiger partial charge >= 0.3 is 11.7 Å². The normalized spacial score (nSPS) is 15.4. The molecule has 0 aliphatic carbocycles. The van der Waals surface area contributed by atoms with Gasteiger partial charge in [0.2, 0.25) is 5.82 Å². The van der Waals surface area contributed by atoms with Crippen molar-refractivity contribution in [2.75, 3.05) is 105 Å². The van der Waals surface area contributed by atoms with E-state index < -0.39 is 39.0 Å². The van der Waals surface area contributed by atoms with Crippen molar-refractivity contribution in [1.29, 1.82) is 0 Å². The number of carbonyl (C=O) groups excluding carboxylic acids is 1. The first-order valence-electron chi connectivity index (χ1n) is 37.1. The van der Waals surface area contributed by atoms with Gasteiger partial charge < -0.3 is 59.9 Å². The van der Waals surface area contributed by atoms with Crippen LogP contribution in [0.1, 0.15) is 163 Å². The van der Waals surface area contributed by atoms with Gasteiger partial charge in [0, 0.05) is 137 Å². The third-order valence-electron chi connectivity index (χ3n) is 17.9. The smallest absolute Gasteiger partial charge is 0.308 e. The van der Waals surface area contributed by atoms with Gasteiger partial charge in [-0.25, -0.2) is 27.5 Å². The molecule has 2 atom stereocenters. The second-order valence-corrected chi connectivity index (χ2v) is 32.8. The van der Waals surface area contributed by atoms with Gasteiger partial charge in [-0.15, -0.1) is 0 Å². The third-order valence-corrected chi connectivity index (χ3v) is 19.8. The molecule has 31 heteroatoms. The van der Waals surface area contributed by atoms with E-state index in [2.05, 4.69) is 120 Å². The summed E-state index contributed by atoms with van der Waals surface area (Å²) in [7, 11) is 0. The minimum Gasteiger partial charge on any atom is -0.481 e. The highest BCUT2D eigenvalue weighted by molar-refractivity contribution is 9.11. The third kappa shape index (κ3) is 32.2. The van der Waals surface area contributed by atoms with Crippen LogP contribution >= 0.6 is 71.0 Å². The number of benzene rings is 4. The van der Waals surface area contributed by atoms with Crippen LogP contribution in [-0.4, -0.2) is 140 Å². The maximum Gasteiger partial charge on any atom is 0.308 e. The van der Waals surface area contributed by atoms with Crippen LogP contribution < -0.4 is 31.1 Å². The number of hydrogen-bond donors (Lipinski definition) is 4. The van der Waals surface area contributed by atoms with E-state index >= 15 is 8.78 Å². The molecule has 4 saturated heterocycles. The molecule has 21 nitrogen and oxygen atoms in total. The molecule has 2 aromatic heterocycles. The lowest BCUT2D eigenvalue weighted by molar-refractivity contribution is -0.387. The summed E-state index contributed by atoms with van der Waals surface area (Å²) in [5.74, 6) is -2.81. The Morgan fingerprint density at radius 3 is 1.37 bits per heavy atom. The SMILES string of the molecule is CC(=O)C[C@@H](C)c1cc(N)c(N(CC(C)C)C2CCOCC2)c(F)c1.CC(C)CN(c1c(F)cc(Br)cc1[N+](=O)[O-])C1CCOCC1.CC(C)CN(c1c(F)cc([C@H](C)CC(=O)O)cc1Nc1ccc(Cl)cn1)C1CCOCC1.CC(C)CNC1CCOCC1.Clc1ccc(Br)nc1.O=[N+]([O-])c1cc(Br)cc(F)c1F. The van der Waals surface area contributed by atoms with Gasteiger partial charge in [0.25, 0.3) is 5.69 Å². The first-order valence-corrected chi connectivity index (χ1v) is 40.2. The van der Waals surface area contributed by atoms with Crippen LogP contribution in [0.5, 0.6) is 0 Å². The molecule has 110 heavy (non-hydrogen) atoms. The molecular weight excluding hydrogens is 1670 g/mol. The number of carbonyl (C=O) groups is 2. The number of anilines is 6. The monoisotopic (exact) mass is 1770 g/mol. The topological polar surface area (TPSA) is 263 Å². The zero-order chi connectivity index (χ0) is 81.5. The lowest BCUT2D eigenvalue weighted by Gasteiger charge is -2.38. The molecule has 6 aromatic rings. The van der Waals surface area contributed by atoms with Gasteiger partial charge in [-0.2, -0.15) is 4.39 Å². The number of hydrogen-bond acceptors (Lipinski definition) is 18. The van der Waals surface area contributed by atoms with Crippen LogP contribution in [0.2, 0.25) is 10.0 Å². The Bertz CT molecular complexity index is 3820. The van der Waals surface area contributed by atoms with E-state index in [1.807, 2.05) is 37.8 Å². The number of carboxylic acids is 1. The van der Waals surface area contributed by atoms with Crippen LogP contribution in [0.3, 0.4) is 0 Å². The molecule has 0 unspecified atom stereocenters. The van der Waals surface area contributed by atoms with Gasteiger partial charge in [-0.3, -0.25) is 25.0 Å². The number of rotatable bonds is 25. The molecule has 4 fully saturated rings. The Morgan fingerprint density at radius 2 is 0.964 bits per heavy atom. The molecule has 0 bridgehead atoms. The van der Waals surface area contributed by atoms with Crippen molar-refractivity contribution in [2.45, 2.75) is 176 Å². The molecular formula is C79H106Br3Cl2F5N10O11. The number of nitro groups is 2. The molecule has 4 aliphatic rings. The van der Waals surface area contributed by atoms with Gasteiger partial charge in [-0.05, 0) is 188 Å². The van der Waals surface area contributed by atoms with Gasteiger partial charge in [-0.1, -0.05) is 124 Å². The highest BCUT2D eigenvalue weighted by Gasteiger charge is 2.34. The number of nitrogens with zero attached hydrogens (tertiary/aromatic N) is 7. The number of nitrogens with one attached hydrogen (secondary N) is 2. The summed E-state index contributed by atoms with van der Waals surface area (Å²) in [6, 6.07) is 19.3. The van der Waals surface area contributed by atoms with Crippen molar-refractivity contribution in [3.63, 3.8) is 0 Å². The highest BCUT2D eigenvalue weighted by Crippen LogP contribution is 2.41. The summed E-state index contributed by atoms with van der Waals surface area (Å²) in [6.07, 6.45) is 10.7. The molecule has 4 aromatic carbocycles. The van der Waals surface area contributed by atoms with Crippen molar-refractivity contribution < 1.29 is 65.4 Å². The maximum atomic E-state index is 15.7. The van der Waals surface area contributed by atoms with Crippen molar-refractivity contribution in [1.82, 2.24) is 15.3 Å². The number of aliphatic carboxylic acids is 1. The number of carboxylic acid groups (broad SMARTS) is 1. The Balaban J connectivity index is 0.000000250. The maximum absolute atomic E-state index is 15.7. The quantitative estimate of drug-likeness (QED) is 0.0104. The van der Waals surface area contributed by atoms with Crippen LogP contribution in [0.4, 0.5) is 67.6 Å². The highest BCUT2D eigenvalue weighted by atomic mass is 79.9. The van der Waals surface area contributed by atoms with Crippen LogP contribution in [0, 0.1) is 73.0 Å². The van der Waals surface area contributed by atoms with Crippen molar-refractivity contribution >= 4 is 128 Å². The van der Waals surface area contributed by atoms with Crippen molar-refractivity contribution in [3.8, 4) is 0 Å². The average molecular weight is 1780 g/mol. The number of halogens is 10. The van der Waals surface area contributed by atoms with Gasteiger partial charge in [0.05, 0.1) is 49.1 Å². The molecule has 0 saturated carbocycles. The number of pyridine rings is 2. The number of aromatic nitrogens is 2. The molecule has 5 N–H and O–H groups in total. The van der Waals surface area contributed by atoms with E-state index in [-0.39, 0.29) is 75.6 Å². The van der Waals surface area contributed by atoms with Crippen molar-refractivity contribution in [3.05, 3.63) is 169 Å². The van der Waals surface area contributed by atoms with Crippen LogP contribution in [0.15, 0.2) is 98.7 Å². The Kier molecular flexibility index (Phi) is 41.1. The number of Topliss-reactive ketones (excluding diaryl/α,β-unsaturated/α-hetero) is 1. The van der Waals surface area contributed by atoms with E-state index in [4.69, 9.17) is 47.9 Å². The number of nitro benzene ring substituents is 2. The zero-order valence-corrected chi connectivity index (χ0v) is 70.7. The number of nitrogen functional groups attached to an aromatic ring is 1. The van der Waals surface area contributed by atoms with Crippen molar-refractivity contribution in [2.24, 2.45) is 23.7 Å². The van der Waals surface area contributed by atoms with Crippen LogP contribution in [-0.2, 0) is 28.5 Å². The minimum absolute atomic E-state index is 0.0371. The lowest BCUT2D eigenvalue weighted by atomic mass is 9.94. The second-order valence-electron chi connectivity index (χ2n) is 29.3. The first kappa shape index (κ1) is 94.2. The fraction of sp³-hybridized carbons (Fsp3) is 0.544. The number of nitrogens with two attached hydrogens (primary N) is 1. The first-order chi connectivity index (χ1) is 52.0. The Labute approximate surface area is 678 Å². The largest absolute Gasteiger partial charge is 0.481 e. The van der Waals surface area contributed by atoms with E-state index in [0.29, 0.717) is 126 Å². The molecule has 10 rings (SSSR count). The average Bonchev–Trinajstić information content (AvgIpc) is 0.797. The molecule has 4 aliphatic heterocycles. The van der Waals surface area contributed by atoms with Gasteiger partial charge in [0.15, 0.2) is 17.3 Å². The predicted octanol–water partition coefficient (Wildman–Crippen LogP) is 20.7. The zero-order valence-electron chi connectivity index (χ0n) is 64.4. The van der Waals surface area contributed by atoms with Gasteiger partial charge in [0.1, 0.15) is 27.8 Å². The van der Waals surface area contributed by atoms with E-state index in [0.717, 1.165) is 93.0 Å². The summed E-state index contributed by atoms with van der Waals surface area (Å²) in [5, 5.41) is 38.6. The van der Waals surface area contributed by atoms with E-state index in [9.17, 15) is 48.1 Å². The fourth-order valence-corrected chi connectivity index (χ4v) is 14.1. The predicted molar refractivity (Wildman–Crippen MR) is 437 cm³/mol. The molecule has 0 amide bonds. The summed E-state index contributed by atoms with van der Waals surface area (Å²) >= 11 is 20.6. The Morgan fingerprint density at radius 1 is 0.555 bits per heavy atom. The lowest BCUT2D eigenvalue weighted by Crippen LogP contribution is -2.42.